The molecule has 0 aliphatic carbocycles. The summed E-state index contributed by atoms with van der Waals surface area (Å²) in [6.45, 7) is 6.12. The minimum atomic E-state index is -4.61. The molecule has 0 saturated carbocycles. The van der Waals surface area contributed by atoms with Gasteiger partial charge in [0.25, 0.3) is 5.91 Å². The van der Waals surface area contributed by atoms with E-state index in [1.54, 1.807) is 25.3 Å². The number of benzene rings is 2. The number of carbonyl (C=O) groups is 1. The fourth-order valence-corrected chi connectivity index (χ4v) is 3.73. The summed E-state index contributed by atoms with van der Waals surface area (Å²) in [6.07, 6.45) is -1.55. The molecule has 0 saturated heterocycles. The average Bonchev–Trinajstić information content (AvgIpc) is 3.27. The van der Waals surface area contributed by atoms with Gasteiger partial charge in [0, 0.05) is 35.1 Å². The Morgan fingerprint density at radius 1 is 1.24 bits per heavy atom. The first-order valence-electron chi connectivity index (χ1n) is 11.4. The van der Waals surface area contributed by atoms with Crippen molar-refractivity contribution in [2.45, 2.75) is 33.5 Å². The number of amides is 1. The van der Waals surface area contributed by atoms with Gasteiger partial charge in [0.15, 0.2) is 0 Å². The van der Waals surface area contributed by atoms with E-state index in [1.165, 1.54) is 24.4 Å². The molecule has 0 atom stereocenters. The number of anilines is 2. The van der Waals surface area contributed by atoms with Crippen molar-refractivity contribution in [3.63, 3.8) is 0 Å². The number of hydrogen-bond acceptors (Lipinski definition) is 7. The molecule has 0 spiro atoms. The fraction of sp³-hybridized carbons (Fsp3) is 0.280. The lowest BCUT2D eigenvalue weighted by atomic mass is 10.1. The minimum absolute atomic E-state index is 0.0958. The molecule has 1 heterocycles. The highest BCUT2D eigenvalue weighted by Crippen LogP contribution is 2.38. The van der Waals surface area contributed by atoms with Gasteiger partial charge in [0.05, 0.1) is 35.9 Å². The molecule has 9 nitrogen and oxygen atoms in total. The molecule has 37 heavy (non-hydrogen) atoms. The maximum absolute atomic E-state index is 13.6. The van der Waals surface area contributed by atoms with Gasteiger partial charge >= 0.3 is 6.18 Å². The SMILES string of the molecule is CCNCc1cc(C(F)(F)F)cc(NC(=O)c2ccc(C)c(N(N)/C=C(\N)c3cn[nH]c3C)c2)c1OC. The van der Waals surface area contributed by atoms with Crippen molar-refractivity contribution < 1.29 is 22.7 Å². The molecular weight excluding hydrogens is 487 g/mol. The maximum Gasteiger partial charge on any atom is 0.416 e. The Balaban J connectivity index is 1.95. The molecule has 0 unspecified atom stereocenters. The highest BCUT2D eigenvalue weighted by molar-refractivity contribution is 6.06. The Kier molecular flexibility index (Phi) is 8.46. The van der Waals surface area contributed by atoms with E-state index >= 15 is 0 Å². The molecule has 7 N–H and O–H groups in total. The summed E-state index contributed by atoms with van der Waals surface area (Å²) in [5, 5.41) is 13.5. The Labute approximate surface area is 212 Å². The second kappa shape index (κ2) is 11.4. The lowest BCUT2D eigenvalue weighted by Crippen LogP contribution is -2.27. The number of halogens is 3. The first-order chi connectivity index (χ1) is 17.5. The van der Waals surface area contributed by atoms with Gasteiger partial charge in [-0.2, -0.15) is 18.3 Å². The molecule has 0 aliphatic heterocycles. The van der Waals surface area contributed by atoms with Crippen LogP contribution < -0.4 is 32.0 Å². The number of hydrazine groups is 1. The van der Waals surface area contributed by atoms with Crippen molar-refractivity contribution >= 4 is 23.0 Å². The minimum Gasteiger partial charge on any atom is -0.494 e. The summed E-state index contributed by atoms with van der Waals surface area (Å²) < 4.78 is 46.1. The van der Waals surface area contributed by atoms with Crippen LogP contribution in [0, 0.1) is 13.8 Å². The molecule has 2 aromatic carbocycles. The molecule has 0 bridgehead atoms. The van der Waals surface area contributed by atoms with Crippen molar-refractivity contribution in [2.75, 3.05) is 24.0 Å². The molecule has 0 radical (unpaired) electrons. The predicted octanol–water partition coefficient (Wildman–Crippen LogP) is 4.05. The highest BCUT2D eigenvalue weighted by Gasteiger charge is 2.33. The molecule has 0 aliphatic rings. The van der Waals surface area contributed by atoms with Crippen molar-refractivity contribution in [3.05, 3.63) is 76.2 Å². The van der Waals surface area contributed by atoms with E-state index < -0.39 is 17.6 Å². The third-order valence-electron chi connectivity index (χ3n) is 5.68. The smallest absolute Gasteiger partial charge is 0.416 e. The number of methoxy groups -OCH3 is 1. The molecule has 3 rings (SSSR count). The van der Waals surface area contributed by atoms with Gasteiger partial charge < -0.3 is 21.1 Å². The van der Waals surface area contributed by atoms with Crippen LogP contribution in [0.5, 0.6) is 5.75 Å². The predicted molar refractivity (Wildman–Crippen MR) is 137 cm³/mol. The second-order valence-corrected chi connectivity index (χ2v) is 8.35. The number of rotatable bonds is 9. The van der Waals surface area contributed by atoms with Crippen molar-refractivity contribution in [3.8, 4) is 5.75 Å². The normalized spacial score (nSPS) is 11.9. The van der Waals surface area contributed by atoms with Gasteiger partial charge in [0.2, 0.25) is 0 Å². The van der Waals surface area contributed by atoms with E-state index in [9.17, 15) is 18.0 Å². The quantitative estimate of drug-likeness (QED) is 0.214. The Hall–Kier alpha value is -4.03. The van der Waals surface area contributed by atoms with Gasteiger partial charge in [0.1, 0.15) is 5.75 Å². The van der Waals surface area contributed by atoms with E-state index in [1.807, 2.05) is 13.8 Å². The fourth-order valence-electron chi connectivity index (χ4n) is 3.73. The highest BCUT2D eigenvalue weighted by atomic mass is 19.4. The lowest BCUT2D eigenvalue weighted by Gasteiger charge is -2.20. The Morgan fingerprint density at radius 3 is 2.57 bits per heavy atom. The molecular formula is C25H30F3N7O2. The second-order valence-electron chi connectivity index (χ2n) is 8.35. The molecule has 198 valence electrons. The van der Waals surface area contributed by atoms with E-state index in [-0.39, 0.29) is 29.1 Å². The van der Waals surface area contributed by atoms with Crippen LogP contribution in [-0.4, -0.2) is 29.8 Å². The largest absolute Gasteiger partial charge is 0.494 e. The van der Waals surface area contributed by atoms with Crippen LogP contribution in [0.4, 0.5) is 24.5 Å². The standard InChI is InChI=1S/C25H30F3N7O2/c1-5-31-11-17-8-18(25(26,27)28)10-21(23(17)37-4)33-24(36)16-7-6-14(2)22(9-16)35(30)13-20(29)19-12-32-34-15(19)3/h6-10,12-13,31H,5,11,29-30H2,1-4H3,(H,32,34)(H,33,36)/b20-13-. The third kappa shape index (κ3) is 6.40. The number of nitrogens with one attached hydrogen (secondary N) is 3. The topological polar surface area (TPSA) is 134 Å². The number of aryl methyl sites for hydroxylation is 2. The van der Waals surface area contributed by atoms with Gasteiger partial charge in [-0.3, -0.25) is 14.9 Å². The molecule has 0 fully saturated rings. The first-order valence-corrected chi connectivity index (χ1v) is 11.4. The summed E-state index contributed by atoms with van der Waals surface area (Å²) in [6, 6.07) is 6.61. The average molecular weight is 518 g/mol. The van der Waals surface area contributed by atoms with Crippen molar-refractivity contribution in [2.24, 2.45) is 11.6 Å². The number of hydrogen-bond donors (Lipinski definition) is 5. The van der Waals surface area contributed by atoms with E-state index in [4.69, 9.17) is 16.3 Å². The van der Waals surface area contributed by atoms with Crippen molar-refractivity contribution in [1.29, 1.82) is 0 Å². The zero-order valence-electron chi connectivity index (χ0n) is 21.0. The maximum atomic E-state index is 13.6. The van der Waals surface area contributed by atoms with Gasteiger partial charge in [-0.1, -0.05) is 13.0 Å². The molecule has 1 amide bonds. The Morgan fingerprint density at radius 2 is 1.97 bits per heavy atom. The van der Waals surface area contributed by atoms with Crippen LogP contribution in [-0.2, 0) is 12.7 Å². The van der Waals surface area contributed by atoms with Crippen LogP contribution in [0.25, 0.3) is 5.70 Å². The van der Waals surface area contributed by atoms with Gasteiger partial charge in [-0.25, -0.2) is 5.84 Å². The first kappa shape index (κ1) is 27.6. The van der Waals surface area contributed by atoms with Gasteiger partial charge in [-0.15, -0.1) is 0 Å². The van der Waals surface area contributed by atoms with Crippen LogP contribution in [0.2, 0.25) is 0 Å². The van der Waals surface area contributed by atoms with Crippen LogP contribution in [0.1, 0.15) is 45.2 Å². The van der Waals surface area contributed by atoms with Gasteiger partial charge in [-0.05, 0) is 50.2 Å². The Bertz CT molecular complexity index is 1300. The van der Waals surface area contributed by atoms with Crippen LogP contribution in [0.3, 0.4) is 0 Å². The number of alkyl halides is 3. The molecule has 3 aromatic rings. The number of aromatic amines is 1. The number of nitrogens with two attached hydrogens (primary N) is 2. The summed E-state index contributed by atoms with van der Waals surface area (Å²) in [5.41, 5.74) is 8.60. The summed E-state index contributed by atoms with van der Waals surface area (Å²) in [7, 11) is 1.34. The number of H-pyrrole nitrogens is 1. The molecule has 12 heteroatoms. The third-order valence-corrected chi connectivity index (χ3v) is 5.68. The number of ether oxygens (including phenoxy) is 1. The monoisotopic (exact) mass is 517 g/mol. The van der Waals surface area contributed by atoms with Crippen LogP contribution >= 0.6 is 0 Å². The van der Waals surface area contributed by atoms with E-state index in [0.717, 1.165) is 23.4 Å². The summed E-state index contributed by atoms with van der Waals surface area (Å²) >= 11 is 0. The van der Waals surface area contributed by atoms with Crippen LogP contribution in [0.15, 0.2) is 42.7 Å². The van der Waals surface area contributed by atoms with Crippen molar-refractivity contribution in [1.82, 2.24) is 15.5 Å². The zero-order chi connectivity index (χ0) is 27.3. The van der Waals surface area contributed by atoms with E-state index in [2.05, 4.69) is 20.8 Å². The summed E-state index contributed by atoms with van der Waals surface area (Å²) in [4.78, 5) is 13.1. The van der Waals surface area contributed by atoms with E-state index in [0.29, 0.717) is 23.5 Å². The molecule has 1 aromatic heterocycles. The number of nitrogens with zero attached hydrogens (tertiary/aromatic N) is 2. The zero-order valence-corrected chi connectivity index (χ0v) is 21.0. The number of carbonyl (C=O) groups excluding carboxylic acids is 1. The summed E-state index contributed by atoms with van der Waals surface area (Å²) in [5.74, 6) is 5.72. The number of aromatic nitrogens is 2. The lowest BCUT2D eigenvalue weighted by molar-refractivity contribution is -0.137.